The first-order valence-corrected chi connectivity index (χ1v) is 13.3. The summed E-state index contributed by atoms with van der Waals surface area (Å²) in [7, 11) is 0. The van der Waals surface area contributed by atoms with E-state index in [0.717, 1.165) is 11.4 Å². The number of carbonyl (C=O) groups excluding carboxylic acids is 3. The quantitative estimate of drug-likeness (QED) is 0.523. The maximum absolute atomic E-state index is 13.1. The van der Waals surface area contributed by atoms with Gasteiger partial charge in [-0.25, -0.2) is 4.98 Å². The molecular weight excluding hydrogens is 500 g/mol. The zero-order valence-corrected chi connectivity index (χ0v) is 22.7. The number of ether oxygens (including phenoxy) is 1. The lowest BCUT2D eigenvalue weighted by Gasteiger charge is -2.25. The first-order chi connectivity index (χ1) is 18.8. The molecule has 2 aromatic heterocycles. The van der Waals surface area contributed by atoms with E-state index in [1.54, 1.807) is 19.2 Å². The molecule has 0 spiro atoms. The number of carbonyl (C=O) groups is 3. The summed E-state index contributed by atoms with van der Waals surface area (Å²) >= 11 is 0. The molecule has 1 aliphatic heterocycles. The third-order valence-electron chi connectivity index (χ3n) is 6.35. The predicted octanol–water partition coefficient (Wildman–Crippen LogP) is 2.35. The zero-order chi connectivity index (χ0) is 27.8. The number of rotatable bonds is 4. The Kier molecular flexibility index (Phi) is 9.35. The van der Waals surface area contributed by atoms with Crippen molar-refractivity contribution in [2.24, 2.45) is 5.92 Å². The minimum Gasteiger partial charge on any atom is -0.494 e. The van der Waals surface area contributed by atoms with Gasteiger partial charge in [-0.3, -0.25) is 14.4 Å². The van der Waals surface area contributed by atoms with Gasteiger partial charge in [0.1, 0.15) is 23.4 Å². The largest absolute Gasteiger partial charge is 0.494 e. The van der Waals surface area contributed by atoms with Crippen LogP contribution in [0.5, 0.6) is 5.75 Å². The summed E-state index contributed by atoms with van der Waals surface area (Å²) in [6.45, 7) is 7.11. The van der Waals surface area contributed by atoms with Crippen LogP contribution in [0.1, 0.15) is 38.1 Å². The van der Waals surface area contributed by atoms with Gasteiger partial charge in [0.25, 0.3) is 0 Å². The Morgan fingerprint density at radius 1 is 1.21 bits per heavy atom. The first kappa shape index (κ1) is 27.9. The van der Waals surface area contributed by atoms with Crippen LogP contribution in [0.2, 0.25) is 0 Å². The molecule has 3 heterocycles. The average molecular weight is 537 g/mol. The van der Waals surface area contributed by atoms with Crippen LogP contribution in [0.4, 0.5) is 0 Å². The normalized spacial score (nSPS) is 17.4. The van der Waals surface area contributed by atoms with Crippen LogP contribution >= 0.6 is 0 Å². The van der Waals surface area contributed by atoms with Crippen LogP contribution in [0, 0.1) is 12.8 Å². The maximum atomic E-state index is 13.1. The summed E-state index contributed by atoms with van der Waals surface area (Å²) in [4.78, 5) is 45.2. The van der Waals surface area contributed by atoms with Crippen molar-refractivity contribution in [2.75, 3.05) is 26.2 Å². The predicted molar refractivity (Wildman–Crippen MR) is 144 cm³/mol. The highest BCUT2D eigenvalue weighted by Gasteiger charge is 2.25. The number of hydrogen-bond acceptors (Lipinski definition) is 7. The van der Waals surface area contributed by atoms with Crippen LogP contribution in [-0.4, -0.2) is 69.6 Å². The number of amides is 3. The number of fused-ring (bicyclic) bond motifs is 4. The smallest absolute Gasteiger partial charge is 0.242 e. The van der Waals surface area contributed by atoms with Crippen molar-refractivity contribution in [1.82, 2.24) is 30.2 Å². The molecule has 11 heteroatoms. The van der Waals surface area contributed by atoms with Gasteiger partial charge < -0.3 is 29.4 Å². The number of nitrogens with zero attached hydrogens (tertiary/aromatic N) is 4. The third-order valence-corrected chi connectivity index (χ3v) is 6.35. The van der Waals surface area contributed by atoms with Crippen LogP contribution in [0.3, 0.4) is 0 Å². The van der Waals surface area contributed by atoms with Gasteiger partial charge >= 0.3 is 0 Å². The number of nitrogens with one attached hydrogen (secondary N) is 2. The van der Waals surface area contributed by atoms with E-state index < -0.39 is 11.9 Å². The first-order valence-electron chi connectivity index (χ1n) is 13.3. The lowest BCUT2D eigenvalue weighted by Crippen LogP contribution is -2.51. The number of aromatic nitrogens is 3. The molecule has 0 saturated heterocycles. The molecule has 2 N–H and O–H groups in total. The second-order valence-electron chi connectivity index (χ2n) is 10.1. The Hall–Kier alpha value is -4.15. The fourth-order valence-corrected chi connectivity index (χ4v) is 4.51. The van der Waals surface area contributed by atoms with Crippen LogP contribution in [-0.2, 0) is 27.3 Å². The Labute approximate surface area is 227 Å². The van der Waals surface area contributed by atoms with Gasteiger partial charge in [-0.2, -0.15) is 0 Å². The van der Waals surface area contributed by atoms with Gasteiger partial charge in [-0.15, -0.1) is 0 Å². The van der Waals surface area contributed by atoms with E-state index in [4.69, 9.17) is 9.26 Å². The molecule has 2 bridgehead atoms. The lowest BCUT2D eigenvalue weighted by molar-refractivity contribution is -0.137. The molecule has 1 atom stereocenters. The summed E-state index contributed by atoms with van der Waals surface area (Å²) in [5, 5.41) is 9.62. The number of imidazole rings is 1. The molecule has 0 aliphatic carbocycles. The molecule has 4 rings (SSSR count). The monoisotopic (exact) mass is 536 g/mol. The van der Waals surface area contributed by atoms with E-state index in [0.29, 0.717) is 56.3 Å². The number of aryl methyl sites for hydroxylation is 1. The summed E-state index contributed by atoms with van der Waals surface area (Å²) in [5.41, 5.74) is 1.57. The number of hydrogen-bond donors (Lipinski definition) is 2. The highest BCUT2D eigenvalue weighted by molar-refractivity contribution is 5.90. The fourth-order valence-electron chi connectivity index (χ4n) is 4.51. The van der Waals surface area contributed by atoms with Crippen molar-refractivity contribution in [1.29, 1.82) is 0 Å². The van der Waals surface area contributed by atoms with Crippen molar-refractivity contribution in [3.05, 3.63) is 54.2 Å². The van der Waals surface area contributed by atoms with Gasteiger partial charge in [0.15, 0.2) is 0 Å². The Balaban J connectivity index is 1.55. The van der Waals surface area contributed by atoms with Gasteiger partial charge in [-0.1, -0.05) is 31.1 Å². The molecule has 39 heavy (non-hydrogen) atoms. The summed E-state index contributed by atoms with van der Waals surface area (Å²) in [5.74, 6) is 1.13. The number of benzene rings is 1. The zero-order valence-electron chi connectivity index (χ0n) is 22.7. The van der Waals surface area contributed by atoms with Crippen molar-refractivity contribution in [2.45, 2.75) is 52.6 Å². The molecule has 3 aromatic rings. The van der Waals surface area contributed by atoms with Crippen LogP contribution < -0.4 is 15.4 Å². The van der Waals surface area contributed by atoms with Crippen LogP contribution in [0.25, 0.3) is 11.4 Å². The van der Waals surface area contributed by atoms with Gasteiger partial charge in [-0.05, 0) is 37.8 Å². The van der Waals surface area contributed by atoms with Crippen molar-refractivity contribution in [3.8, 4) is 17.1 Å². The van der Waals surface area contributed by atoms with E-state index in [-0.39, 0.29) is 30.7 Å². The highest BCUT2D eigenvalue weighted by Crippen LogP contribution is 2.23. The van der Waals surface area contributed by atoms with Crippen molar-refractivity contribution in [3.63, 3.8) is 0 Å². The second-order valence-corrected chi connectivity index (χ2v) is 10.1. The van der Waals surface area contributed by atoms with Gasteiger partial charge in [0, 0.05) is 43.7 Å². The van der Waals surface area contributed by atoms with Gasteiger partial charge in [0.2, 0.25) is 17.7 Å². The minimum atomic E-state index is -0.715. The molecule has 0 fully saturated rings. The molecule has 0 radical (unpaired) electrons. The standard InChI is InChI=1S/C28H36N6O5/c1-19(2)14-24-28(37)30-9-12-33-11-8-29-27(33)21-6-4-7-22(16-21)38-13-5-10-34(18-25(35)31-24)26(36)17-23-15-20(3)32-39-23/h4,6-8,11,15-16,19,24H,5,9-10,12-14,17-18H2,1-3H3,(H,30,37)(H,31,35)/t24-/m1/s1. The fraction of sp³-hybridized carbons (Fsp3) is 0.464. The van der Waals surface area contributed by atoms with E-state index in [2.05, 4.69) is 20.8 Å². The summed E-state index contributed by atoms with van der Waals surface area (Å²) in [6.07, 6.45) is 4.55. The maximum Gasteiger partial charge on any atom is 0.242 e. The van der Waals surface area contributed by atoms with Crippen molar-refractivity contribution >= 4 is 17.7 Å². The van der Waals surface area contributed by atoms with E-state index in [9.17, 15) is 14.4 Å². The highest BCUT2D eigenvalue weighted by atomic mass is 16.5. The SMILES string of the molecule is Cc1cc(CC(=O)N2CCCOc3cccc(c3)-c3nccn3CCNC(=O)[C@@H](CC(C)C)NC(=O)C2)on1. The Morgan fingerprint density at radius 2 is 2.05 bits per heavy atom. The lowest BCUT2D eigenvalue weighted by atomic mass is 10.0. The average Bonchev–Trinajstić information content (AvgIpc) is 3.53. The van der Waals surface area contributed by atoms with E-state index in [1.807, 2.05) is 48.9 Å². The van der Waals surface area contributed by atoms with E-state index >= 15 is 0 Å². The van der Waals surface area contributed by atoms with Crippen molar-refractivity contribution < 1.29 is 23.6 Å². The van der Waals surface area contributed by atoms with Crippen LogP contribution in [0.15, 0.2) is 47.2 Å². The molecule has 0 saturated carbocycles. The molecule has 1 aliphatic rings. The molecule has 3 amide bonds. The molecular formula is C28H36N6O5. The summed E-state index contributed by atoms with van der Waals surface area (Å²) in [6, 6.07) is 8.63. The topological polar surface area (TPSA) is 132 Å². The van der Waals surface area contributed by atoms with Gasteiger partial charge in [0.05, 0.1) is 25.3 Å². The molecule has 11 nitrogen and oxygen atoms in total. The second kappa shape index (κ2) is 13.1. The Morgan fingerprint density at radius 3 is 2.82 bits per heavy atom. The summed E-state index contributed by atoms with van der Waals surface area (Å²) < 4.78 is 13.1. The third kappa shape index (κ3) is 7.92. The molecule has 0 unspecified atom stereocenters. The minimum absolute atomic E-state index is 0.0143. The Bertz CT molecular complexity index is 1280. The molecule has 1 aromatic carbocycles. The van der Waals surface area contributed by atoms with E-state index in [1.165, 1.54) is 4.90 Å². The molecule has 208 valence electrons.